The minimum Gasteiger partial charge on any atom is -0.376 e. The molecule has 0 heterocycles. The highest BCUT2D eigenvalue weighted by atomic mass is 35.5. The number of hydrogen-bond donors (Lipinski definition) is 2. The number of halogens is 2. The number of carbonyl (C=O) groups excluding carboxylic acids is 1. The van der Waals surface area contributed by atoms with Crippen LogP contribution in [0.3, 0.4) is 0 Å². The van der Waals surface area contributed by atoms with Gasteiger partial charge in [-0.3, -0.25) is 14.9 Å². The van der Waals surface area contributed by atoms with Crippen molar-refractivity contribution in [2.75, 3.05) is 17.2 Å². The molecule has 23 heavy (non-hydrogen) atoms. The van der Waals surface area contributed by atoms with Gasteiger partial charge in [-0.15, -0.1) is 0 Å². The van der Waals surface area contributed by atoms with Gasteiger partial charge in [0.15, 0.2) is 0 Å². The number of hydrogen-bond acceptors (Lipinski definition) is 4. The highest BCUT2D eigenvalue weighted by Crippen LogP contribution is 2.25. The minimum absolute atomic E-state index is 0.0652. The van der Waals surface area contributed by atoms with Crippen LogP contribution in [0.1, 0.15) is 5.56 Å². The topological polar surface area (TPSA) is 84.3 Å². The predicted octanol–water partition coefficient (Wildman–Crippen LogP) is 3.75. The number of aryl methyl sites for hydroxylation is 1. The summed E-state index contributed by atoms with van der Waals surface area (Å²) >= 11 is 5.64. The van der Waals surface area contributed by atoms with Crippen molar-refractivity contribution < 1.29 is 14.1 Å². The van der Waals surface area contributed by atoms with Gasteiger partial charge < -0.3 is 10.6 Å². The summed E-state index contributed by atoms with van der Waals surface area (Å²) in [4.78, 5) is 22.3. The molecule has 8 heteroatoms. The van der Waals surface area contributed by atoms with E-state index in [9.17, 15) is 19.3 Å². The highest BCUT2D eigenvalue weighted by molar-refractivity contribution is 6.31. The third kappa shape index (κ3) is 4.40. The maximum absolute atomic E-state index is 13.0. The fourth-order valence-corrected chi connectivity index (χ4v) is 2.06. The molecule has 0 unspecified atom stereocenters. The Labute approximate surface area is 136 Å². The van der Waals surface area contributed by atoms with Gasteiger partial charge in [-0.25, -0.2) is 4.39 Å². The summed E-state index contributed by atoms with van der Waals surface area (Å²) in [5, 5.41) is 16.2. The lowest BCUT2D eigenvalue weighted by molar-refractivity contribution is -0.384. The molecule has 0 fully saturated rings. The van der Waals surface area contributed by atoms with Gasteiger partial charge in [-0.05, 0) is 36.8 Å². The van der Waals surface area contributed by atoms with Crippen molar-refractivity contribution in [2.45, 2.75) is 6.92 Å². The van der Waals surface area contributed by atoms with Crippen molar-refractivity contribution in [1.82, 2.24) is 0 Å². The van der Waals surface area contributed by atoms with Gasteiger partial charge in [-0.2, -0.15) is 0 Å². The molecule has 0 aliphatic heterocycles. The minimum atomic E-state index is -0.560. The van der Waals surface area contributed by atoms with Crippen LogP contribution in [0.5, 0.6) is 0 Å². The summed E-state index contributed by atoms with van der Waals surface area (Å²) in [7, 11) is 0. The Morgan fingerprint density at radius 1 is 1.30 bits per heavy atom. The number of nitro groups is 1. The van der Waals surface area contributed by atoms with Gasteiger partial charge in [-0.1, -0.05) is 17.7 Å². The van der Waals surface area contributed by atoms with Crippen LogP contribution in [0, 0.1) is 22.9 Å². The Kier molecular flexibility index (Phi) is 5.13. The number of amides is 1. The van der Waals surface area contributed by atoms with Gasteiger partial charge in [0.2, 0.25) is 5.91 Å². The lowest BCUT2D eigenvalue weighted by atomic mass is 10.2. The molecule has 2 aromatic carbocycles. The standard InChI is InChI=1S/C15H13ClFN3O3/c1-9-2-5-13(14(6-9)20(22)23)19-15(21)8-18-10-3-4-12(17)11(16)7-10/h2-7,18H,8H2,1H3,(H,19,21). The Morgan fingerprint density at radius 3 is 2.70 bits per heavy atom. The molecule has 0 saturated carbocycles. The second-order valence-electron chi connectivity index (χ2n) is 4.81. The van der Waals surface area contributed by atoms with E-state index in [1.807, 2.05) is 0 Å². The van der Waals surface area contributed by atoms with Crippen LogP contribution >= 0.6 is 11.6 Å². The molecule has 1 amide bonds. The first-order chi connectivity index (χ1) is 10.9. The van der Waals surface area contributed by atoms with Crippen molar-refractivity contribution in [1.29, 1.82) is 0 Å². The van der Waals surface area contributed by atoms with Gasteiger partial charge in [0, 0.05) is 11.8 Å². The molecule has 0 saturated heterocycles. The van der Waals surface area contributed by atoms with E-state index in [2.05, 4.69) is 10.6 Å². The number of rotatable bonds is 5. The van der Waals surface area contributed by atoms with E-state index >= 15 is 0 Å². The van der Waals surface area contributed by atoms with Crippen molar-refractivity contribution in [3.63, 3.8) is 0 Å². The molecular formula is C15H13ClFN3O3. The number of carbonyl (C=O) groups is 1. The highest BCUT2D eigenvalue weighted by Gasteiger charge is 2.15. The maximum Gasteiger partial charge on any atom is 0.293 e. The summed E-state index contributed by atoms with van der Waals surface area (Å²) in [5.74, 6) is -1.03. The van der Waals surface area contributed by atoms with E-state index in [1.165, 1.54) is 30.3 Å². The third-order valence-electron chi connectivity index (χ3n) is 3.00. The largest absolute Gasteiger partial charge is 0.376 e. The summed E-state index contributed by atoms with van der Waals surface area (Å²) in [6.45, 7) is 1.57. The quantitative estimate of drug-likeness (QED) is 0.643. The molecule has 0 aliphatic rings. The number of nitrogens with zero attached hydrogens (tertiary/aromatic N) is 1. The molecule has 0 aromatic heterocycles. The van der Waals surface area contributed by atoms with Gasteiger partial charge in [0.05, 0.1) is 16.5 Å². The van der Waals surface area contributed by atoms with Gasteiger partial charge in [0.1, 0.15) is 11.5 Å². The Bertz CT molecular complexity index is 768. The smallest absolute Gasteiger partial charge is 0.293 e. The van der Waals surface area contributed by atoms with E-state index in [0.29, 0.717) is 11.3 Å². The predicted molar refractivity (Wildman–Crippen MR) is 86.4 cm³/mol. The van der Waals surface area contributed by atoms with Crippen LogP contribution in [0.25, 0.3) is 0 Å². The summed E-state index contributed by atoms with van der Waals surface area (Å²) < 4.78 is 13.0. The van der Waals surface area contributed by atoms with Crippen LogP contribution in [0.15, 0.2) is 36.4 Å². The van der Waals surface area contributed by atoms with E-state index < -0.39 is 16.6 Å². The second-order valence-corrected chi connectivity index (χ2v) is 5.22. The molecular weight excluding hydrogens is 325 g/mol. The van der Waals surface area contributed by atoms with Gasteiger partial charge >= 0.3 is 0 Å². The molecule has 6 nitrogen and oxygen atoms in total. The van der Waals surface area contributed by atoms with E-state index in [0.717, 1.165) is 0 Å². The molecule has 0 spiro atoms. The second kappa shape index (κ2) is 7.06. The zero-order valence-corrected chi connectivity index (χ0v) is 12.9. The van der Waals surface area contributed by atoms with Crippen molar-refractivity contribution >= 4 is 34.6 Å². The van der Waals surface area contributed by atoms with E-state index in [1.54, 1.807) is 13.0 Å². The zero-order chi connectivity index (χ0) is 17.0. The lowest BCUT2D eigenvalue weighted by Crippen LogP contribution is -2.22. The third-order valence-corrected chi connectivity index (χ3v) is 3.29. The van der Waals surface area contributed by atoms with Crippen LogP contribution in [-0.4, -0.2) is 17.4 Å². The van der Waals surface area contributed by atoms with Crippen molar-refractivity contribution in [3.8, 4) is 0 Å². The Morgan fingerprint density at radius 2 is 2.04 bits per heavy atom. The first kappa shape index (κ1) is 16.7. The molecule has 2 N–H and O–H groups in total. The summed E-state index contributed by atoms with van der Waals surface area (Å²) in [6, 6.07) is 8.47. The SMILES string of the molecule is Cc1ccc(NC(=O)CNc2ccc(F)c(Cl)c2)c([N+](=O)[O-])c1. The molecule has 0 atom stereocenters. The van der Waals surface area contributed by atoms with Crippen LogP contribution in [0.2, 0.25) is 5.02 Å². The molecule has 0 bridgehead atoms. The fourth-order valence-electron chi connectivity index (χ4n) is 1.88. The van der Waals surface area contributed by atoms with Crippen molar-refractivity contribution in [3.05, 3.63) is 62.9 Å². The number of nitrogens with one attached hydrogen (secondary N) is 2. The monoisotopic (exact) mass is 337 g/mol. The first-order valence-corrected chi connectivity index (χ1v) is 6.98. The lowest BCUT2D eigenvalue weighted by Gasteiger charge is -2.09. The zero-order valence-electron chi connectivity index (χ0n) is 12.1. The fraction of sp³-hybridized carbons (Fsp3) is 0.133. The van der Waals surface area contributed by atoms with Gasteiger partial charge in [0.25, 0.3) is 5.69 Å². The first-order valence-electron chi connectivity index (χ1n) is 6.60. The van der Waals surface area contributed by atoms with E-state index in [-0.39, 0.29) is 22.9 Å². The average molecular weight is 338 g/mol. The number of benzene rings is 2. The Balaban J connectivity index is 2.02. The normalized spacial score (nSPS) is 10.2. The number of anilines is 2. The molecule has 2 rings (SSSR count). The van der Waals surface area contributed by atoms with Crippen molar-refractivity contribution in [2.24, 2.45) is 0 Å². The number of nitro benzene ring substituents is 1. The maximum atomic E-state index is 13.0. The molecule has 0 radical (unpaired) electrons. The average Bonchev–Trinajstić information content (AvgIpc) is 2.50. The van der Waals surface area contributed by atoms with Crippen LogP contribution < -0.4 is 10.6 Å². The molecule has 2 aromatic rings. The molecule has 120 valence electrons. The molecule has 0 aliphatic carbocycles. The van der Waals surface area contributed by atoms with Crippen LogP contribution in [0.4, 0.5) is 21.5 Å². The van der Waals surface area contributed by atoms with E-state index in [4.69, 9.17) is 11.6 Å². The Hall–Kier alpha value is -2.67. The summed E-state index contributed by atoms with van der Waals surface area (Å²) in [5.41, 5.74) is 1.12. The van der Waals surface area contributed by atoms with Crippen LogP contribution in [-0.2, 0) is 4.79 Å². The summed E-state index contributed by atoms with van der Waals surface area (Å²) in [6.07, 6.45) is 0.